The van der Waals surface area contributed by atoms with E-state index in [1.807, 2.05) is 0 Å². The Labute approximate surface area is 168 Å². The van der Waals surface area contributed by atoms with E-state index in [9.17, 15) is 9.90 Å². The maximum absolute atomic E-state index is 12.6. The highest BCUT2D eigenvalue weighted by molar-refractivity contribution is 9.09. The summed E-state index contributed by atoms with van der Waals surface area (Å²) in [6.45, 7) is 6.92. The second-order valence-electron chi connectivity index (χ2n) is 10.7. The lowest BCUT2D eigenvalue weighted by Gasteiger charge is -2.63. The quantitative estimate of drug-likeness (QED) is 0.585. The first-order valence-corrected chi connectivity index (χ1v) is 12.2. The van der Waals surface area contributed by atoms with E-state index in [1.165, 1.54) is 44.9 Å². The number of carbonyl (C=O) groups is 1. The molecule has 0 spiro atoms. The largest absolute Gasteiger partial charge is 0.390 e. The van der Waals surface area contributed by atoms with Crippen LogP contribution < -0.4 is 0 Å². The second-order valence-corrected chi connectivity index (χ2v) is 11.3. The maximum atomic E-state index is 12.6. The number of alkyl halides is 1. The summed E-state index contributed by atoms with van der Waals surface area (Å²) in [7, 11) is 0. The van der Waals surface area contributed by atoms with Crippen LogP contribution in [-0.2, 0) is 4.79 Å². The van der Waals surface area contributed by atoms with E-state index >= 15 is 0 Å². The van der Waals surface area contributed by atoms with Crippen LogP contribution in [-0.4, -0.2) is 21.8 Å². The molecular formula is C23H37BrO2. The SMILES string of the molecule is CC[C@]12CC[C@@](C)(O)C[C@H]1CC[C@H]1[C@@H]3CC[C@H](C(=O)CBr)[C@@]3(C)CC[C@@H]12. The molecule has 0 unspecified atom stereocenters. The van der Waals surface area contributed by atoms with Crippen LogP contribution in [0.25, 0.3) is 0 Å². The fourth-order valence-corrected chi connectivity index (χ4v) is 8.96. The molecule has 0 amide bonds. The van der Waals surface area contributed by atoms with Crippen molar-refractivity contribution in [1.82, 2.24) is 0 Å². The van der Waals surface area contributed by atoms with Crippen molar-refractivity contribution in [1.29, 1.82) is 0 Å². The summed E-state index contributed by atoms with van der Waals surface area (Å²) >= 11 is 3.44. The van der Waals surface area contributed by atoms with Crippen LogP contribution in [0.1, 0.15) is 85.0 Å². The monoisotopic (exact) mass is 424 g/mol. The number of ketones is 1. The van der Waals surface area contributed by atoms with Gasteiger partial charge in [-0.1, -0.05) is 29.8 Å². The van der Waals surface area contributed by atoms with E-state index in [2.05, 4.69) is 36.7 Å². The highest BCUT2D eigenvalue weighted by Crippen LogP contribution is 2.68. The number of carbonyl (C=O) groups excluding carboxylic acids is 1. The molecule has 8 atom stereocenters. The van der Waals surface area contributed by atoms with Gasteiger partial charge in [0.1, 0.15) is 5.78 Å². The van der Waals surface area contributed by atoms with Gasteiger partial charge < -0.3 is 5.11 Å². The van der Waals surface area contributed by atoms with E-state index in [0.717, 1.165) is 37.0 Å². The number of Topliss-reactive ketones (excluding diaryl/α,β-unsaturated/α-hetero) is 1. The first kappa shape index (κ1) is 19.4. The van der Waals surface area contributed by atoms with Crippen molar-refractivity contribution in [3.8, 4) is 0 Å². The van der Waals surface area contributed by atoms with Gasteiger partial charge in [0.05, 0.1) is 10.9 Å². The Morgan fingerprint density at radius 1 is 1.04 bits per heavy atom. The second kappa shape index (κ2) is 6.58. The van der Waals surface area contributed by atoms with Crippen molar-refractivity contribution in [3.05, 3.63) is 0 Å². The summed E-state index contributed by atoms with van der Waals surface area (Å²) in [6, 6.07) is 0. The molecule has 0 aromatic heterocycles. The van der Waals surface area contributed by atoms with E-state index in [0.29, 0.717) is 22.4 Å². The minimum Gasteiger partial charge on any atom is -0.390 e. The number of hydrogen-bond donors (Lipinski definition) is 1. The smallest absolute Gasteiger partial charge is 0.147 e. The highest BCUT2D eigenvalue weighted by Gasteiger charge is 2.62. The molecule has 26 heavy (non-hydrogen) atoms. The first-order valence-electron chi connectivity index (χ1n) is 11.1. The summed E-state index contributed by atoms with van der Waals surface area (Å²) in [5.74, 6) is 3.85. The number of aliphatic hydroxyl groups is 1. The van der Waals surface area contributed by atoms with Crippen LogP contribution in [0.15, 0.2) is 0 Å². The average Bonchev–Trinajstić information content (AvgIpc) is 2.97. The fourth-order valence-electron chi connectivity index (χ4n) is 8.57. The lowest BCUT2D eigenvalue weighted by atomic mass is 9.42. The van der Waals surface area contributed by atoms with Crippen LogP contribution in [0.4, 0.5) is 0 Å². The minimum atomic E-state index is -0.444. The van der Waals surface area contributed by atoms with Crippen molar-refractivity contribution in [3.63, 3.8) is 0 Å². The van der Waals surface area contributed by atoms with Gasteiger partial charge in [-0.05, 0) is 106 Å². The molecule has 4 aliphatic carbocycles. The Hall–Kier alpha value is 0.110. The number of halogens is 1. The van der Waals surface area contributed by atoms with Gasteiger partial charge in [0, 0.05) is 5.92 Å². The molecule has 0 heterocycles. The normalized spacial score (nSPS) is 53.5. The molecule has 1 N–H and O–H groups in total. The number of rotatable bonds is 3. The third kappa shape index (κ3) is 2.70. The van der Waals surface area contributed by atoms with Crippen molar-refractivity contribution in [2.75, 3.05) is 5.33 Å². The van der Waals surface area contributed by atoms with Crippen molar-refractivity contribution in [2.24, 2.45) is 40.4 Å². The van der Waals surface area contributed by atoms with Crippen LogP contribution in [0.2, 0.25) is 0 Å². The topological polar surface area (TPSA) is 37.3 Å². The molecule has 0 saturated heterocycles. The Morgan fingerprint density at radius 3 is 2.50 bits per heavy atom. The highest BCUT2D eigenvalue weighted by atomic mass is 79.9. The molecule has 4 rings (SSSR count). The Morgan fingerprint density at radius 2 is 1.81 bits per heavy atom. The number of fused-ring (bicyclic) bond motifs is 5. The fraction of sp³-hybridized carbons (Fsp3) is 0.957. The third-order valence-electron chi connectivity index (χ3n) is 9.83. The van der Waals surface area contributed by atoms with Gasteiger partial charge in [-0.25, -0.2) is 0 Å². The van der Waals surface area contributed by atoms with E-state index in [1.54, 1.807) is 0 Å². The zero-order chi connectivity index (χ0) is 18.7. The van der Waals surface area contributed by atoms with Crippen molar-refractivity contribution in [2.45, 2.75) is 90.6 Å². The van der Waals surface area contributed by atoms with E-state index in [-0.39, 0.29) is 11.3 Å². The molecule has 0 aromatic rings. The van der Waals surface area contributed by atoms with E-state index in [4.69, 9.17) is 0 Å². The van der Waals surface area contributed by atoms with Crippen molar-refractivity contribution >= 4 is 21.7 Å². The Balaban J connectivity index is 1.62. The summed E-state index contributed by atoms with van der Waals surface area (Å²) in [5, 5.41) is 11.2. The molecule has 2 nitrogen and oxygen atoms in total. The Bertz CT molecular complexity index is 573. The molecule has 4 fully saturated rings. The maximum Gasteiger partial charge on any atom is 0.147 e. The van der Waals surface area contributed by atoms with Crippen LogP contribution in [0.3, 0.4) is 0 Å². The molecule has 0 aliphatic heterocycles. The van der Waals surface area contributed by atoms with Crippen molar-refractivity contribution < 1.29 is 9.90 Å². The van der Waals surface area contributed by atoms with Gasteiger partial charge in [0.25, 0.3) is 0 Å². The molecule has 3 heteroatoms. The molecule has 4 aliphatic rings. The summed E-state index contributed by atoms with van der Waals surface area (Å²) < 4.78 is 0. The van der Waals surface area contributed by atoms with E-state index < -0.39 is 5.60 Å². The third-order valence-corrected chi connectivity index (χ3v) is 10.4. The Kier molecular flexibility index (Phi) is 4.91. The molecule has 0 radical (unpaired) electrons. The lowest BCUT2D eigenvalue weighted by molar-refractivity contribution is -0.158. The predicted molar refractivity (Wildman–Crippen MR) is 109 cm³/mol. The van der Waals surface area contributed by atoms with Crippen LogP contribution in [0, 0.1) is 40.4 Å². The molecule has 148 valence electrons. The summed E-state index contributed by atoms with van der Waals surface area (Å²) in [4.78, 5) is 12.6. The summed E-state index contributed by atoms with van der Waals surface area (Å²) in [6.07, 6.45) is 12.1. The first-order chi connectivity index (χ1) is 12.3. The average molecular weight is 425 g/mol. The standard InChI is InChI=1S/C23H37BrO2/c1-4-23-12-11-21(2,26)13-15(23)5-6-16-17-7-8-19(20(25)14-24)22(17,3)10-9-18(16)23/h15-19,26H,4-14H2,1-3H3/t15-,16+,17+,18+,19-,21-,22+,23+/m1/s1. The molecule has 0 aromatic carbocycles. The predicted octanol–water partition coefficient (Wildman–Crippen LogP) is 5.75. The molecule has 4 saturated carbocycles. The van der Waals surface area contributed by atoms with Crippen LogP contribution >= 0.6 is 15.9 Å². The summed E-state index contributed by atoms with van der Waals surface area (Å²) in [5.41, 5.74) is 0.262. The van der Waals surface area contributed by atoms with Gasteiger partial charge in [0.2, 0.25) is 0 Å². The van der Waals surface area contributed by atoms with Crippen LogP contribution in [0.5, 0.6) is 0 Å². The van der Waals surface area contributed by atoms with Gasteiger partial charge in [0.15, 0.2) is 0 Å². The lowest BCUT2D eigenvalue weighted by Crippen LogP contribution is -2.56. The molecule has 0 bridgehead atoms. The molecular weight excluding hydrogens is 388 g/mol. The van der Waals surface area contributed by atoms with Gasteiger partial charge in [-0.15, -0.1) is 0 Å². The zero-order valence-electron chi connectivity index (χ0n) is 16.9. The van der Waals surface area contributed by atoms with Gasteiger partial charge in [-0.2, -0.15) is 0 Å². The van der Waals surface area contributed by atoms with Gasteiger partial charge in [-0.3, -0.25) is 4.79 Å². The zero-order valence-corrected chi connectivity index (χ0v) is 18.5. The minimum absolute atomic E-state index is 0.244. The van der Waals surface area contributed by atoms with Gasteiger partial charge >= 0.3 is 0 Å². The number of hydrogen-bond acceptors (Lipinski definition) is 2.